The molecule has 0 amide bonds. The minimum atomic E-state index is -10.7. The van der Waals surface area contributed by atoms with Crippen LogP contribution in [0, 0.1) is 11.3 Å². The number of halogens is 6. The van der Waals surface area contributed by atoms with Gasteiger partial charge in [0.25, 0.3) is 0 Å². The fraction of sp³-hybridized carbons (Fsp3) is 0.500. The van der Waals surface area contributed by atoms with Crippen LogP contribution in [0.15, 0.2) is 29.6 Å². The van der Waals surface area contributed by atoms with Crippen molar-refractivity contribution in [2.75, 3.05) is 40.4 Å². The third-order valence-corrected chi connectivity index (χ3v) is 3.05. The molecule has 1 aromatic rings. The molecule has 2 rings (SSSR count). The van der Waals surface area contributed by atoms with Gasteiger partial charge in [-0.3, -0.25) is 9.88 Å². The minimum absolute atomic E-state index is 0.163. The summed E-state index contributed by atoms with van der Waals surface area (Å²) in [5, 5.41) is 13.2. The Balaban J connectivity index is 0.000000480. The van der Waals surface area contributed by atoms with E-state index in [9.17, 15) is 30.4 Å². The first-order valence-corrected chi connectivity index (χ1v) is 9.80. The Kier molecular flexibility index (Phi) is 7.35. The topological polar surface area (TPSA) is 74.0 Å². The molecule has 1 unspecified atom stereocenters. The second kappa shape index (κ2) is 8.57. The van der Waals surface area contributed by atoms with Crippen molar-refractivity contribution in [2.45, 2.75) is 6.35 Å². The van der Waals surface area contributed by atoms with Crippen LogP contribution in [0.4, 0.5) is 25.2 Å². The molecule has 1 aliphatic heterocycles. The molecule has 1 aliphatic rings. The van der Waals surface area contributed by atoms with E-state index in [1.54, 1.807) is 24.4 Å². The average Bonchev–Trinajstić information content (AvgIpc) is 2.57. The second-order valence-corrected chi connectivity index (χ2v) is 7.69. The van der Waals surface area contributed by atoms with Gasteiger partial charge in [-0.25, -0.2) is 4.90 Å². The zero-order valence-electron chi connectivity index (χ0n) is 15.0. The number of ether oxygens (including phenoxy) is 1. The Bertz CT molecular complexity index is 691. The molecule has 0 aromatic carbocycles. The predicted octanol–water partition coefficient (Wildman–Crippen LogP) is 3.89. The molecule has 2 heterocycles. The zero-order valence-corrected chi connectivity index (χ0v) is 15.9. The summed E-state index contributed by atoms with van der Waals surface area (Å²) in [6.45, 7) is 2.87. The molecule has 0 N–H and O–H groups in total. The second-order valence-electron chi connectivity index (χ2n) is 5.77. The van der Waals surface area contributed by atoms with E-state index in [0.717, 1.165) is 13.1 Å². The van der Waals surface area contributed by atoms with Gasteiger partial charge in [-0.15, -0.1) is 0 Å². The molecule has 0 saturated carbocycles. The third-order valence-electron chi connectivity index (χ3n) is 3.05. The number of hydrogen-bond acceptors (Lipinski definition) is 7. The van der Waals surface area contributed by atoms with Crippen LogP contribution in [-0.4, -0.2) is 67.2 Å². The van der Waals surface area contributed by atoms with E-state index in [2.05, 4.69) is 15.0 Å². The van der Waals surface area contributed by atoms with Crippen LogP contribution in [0.1, 0.15) is 5.69 Å². The number of rotatable bonds is 5. The molecular weight excluding hydrogens is 415 g/mol. The van der Waals surface area contributed by atoms with Crippen LogP contribution in [-0.2, 0) is 9.57 Å². The van der Waals surface area contributed by atoms with Crippen LogP contribution in [0.5, 0.6) is 0 Å². The summed E-state index contributed by atoms with van der Waals surface area (Å²) in [4.78, 5) is 13.7. The van der Waals surface area contributed by atoms with E-state index in [4.69, 9.17) is 9.57 Å². The number of aromatic nitrogens is 1. The van der Waals surface area contributed by atoms with Gasteiger partial charge in [0.15, 0.2) is 0 Å². The van der Waals surface area contributed by atoms with Crippen LogP contribution >= 0.6 is 7.81 Å². The Labute approximate surface area is 157 Å². The van der Waals surface area contributed by atoms with Gasteiger partial charge in [0.2, 0.25) is 12.1 Å². The molecule has 14 heteroatoms. The summed E-state index contributed by atoms with van der Waals surface area (Å²) in [6, 6.07) is 7.34. The van der Waals surface area contributed by atoms with Gasteiger partial charge >= 0.3 is 33.0 Å². The summed E-state index contributed by atoms with van der Waals surface area (Å²) >= 11 is 0. The van der Waals surface area contributed by atoms with Crippen molar-refractivity contribution in [1.82, 2.24) is 14.8 Å². The number of pyridine rings is 1. The van der Waals surface area contributed by atoms with Gasteiger partial charge in [-0.05, 0) is 26.2 Å². The van der Waals surface area contributed by atoms with Crippen molar-refractivity contribution < 1.29 is 34.8 Å². The molecular formula is C14H19F6N5O2P-. The van der Waals surface area contributed by atoms with Gasteiger partial charge in [0.05, 0.1) is 13.2 Å². The molecule has 1 saturated heterocycles. The molecule has 0 spiro atoms. The molecule has 0 aliphatic carbocycles. The Morgan fingerprint density at radius 1 is 1.25 bits per heavy atom. The van der Waals surface area contributed by atoms with Crippen molar-refractivity contribution >= 4 is 13.5 Å². The SMILES string of the molecule is CN(C)C(O/N=C(/C#N)c1ccccn1)N1CCOCC1.F[P-](F)(F)(F)(F)F. The van der Waals surface area contributed by atoms with Crippen LogP contribution in [0.25, 0.3) is 0 Å². The van der Waals surface area contributed by atoms with E-state index in [0.29, 0.717) is 18.9 Å². The van der Waals surface area contributed by atoms with Crippen LogP contribution in [0.3, 0.4) is 0 Å². The summed E-state index contributed by atoms with van der Waals surface area (Å²) in [6.07, 6.45) is 1.29. The zero-order chi connectivity index (χ0) is 21.5. The van der Waals surface area contributed by atoms with E-state index >= 15 is 0 Å². The number of hydrogen-bond donors (Lipinski definition) is 0. The molecule has 7 nitrogen and oxygen atoms in total. The van der Waals surface area contributed by atoms with Crippen LogP contribution < -0.4 is 0 Å². The van der Waals surface area contributed by atoms with Crippen LogP contribution in [0.2, 0.25) is 0 Å². The quantitative estimate of drug-likeness (QED) is 0.230. The third kappa shape index (κ3) is 11.7. The first-order valence-electron chi connectivity index (χ1n) is 7.77. The normalized spacial score (nSPS) is 19.5. The van der Waals surface area contributed by atoms with E-state index in [1.807, 2.05) is 25.1 Å². The van der Waals surface area contributed by atoms with E-state index < -0.39 is 7.81 Å². The number of oxime groups is 1. The molecule has 160 valence electrons. The number of morpholine rings is 1. The van der Waals surface area contributed by atoms with Crippen molar-refractivity contribution in [3.8, 4) is 6.07 Å². The summed E-state index contributed by atoms with van der Waals surface area (Å²) in [5.74, 6) is 0. The molecule has 28 heavy (non-hydrogen) atoms. The fourth-order valence-corrected chi connectivity index (χ4v) is 2.01. The first kappa shape index (κ1) is 24.0. The molecule has 1 fully saturated rings. The van der Waals surface area contributed by atoms with E-state index in [1.165, 1.54) is 0 Å². The number of nitriles is 1. The summed E-state index contributed by atoms with van der Waals surface area (Å²) in [5.41, 5.74) is 0.662. The molecule has 1 atom stereocenters. The molecule has 0 radical (unpaired) electrons. The Morgan fingerprint density at radius 3 is 2.25 bits per heavy atom. The fourth-order valence-electron chi connectivity index (χ4n) is 2.01. The predicted molar refractivity (Wildman–Crippen MR) is 90.9 cm³/mol. The van der Waals surface area contributed by atoms with Crippen molar-refractivity contribution in [1.29, 1.82) is 5.26 Å². The van der Waals surface area contributed by atoms with Gasteiger partial charge < -0.3 is 9.57 Å². The summed E-state index contributed by atoms with van der Waals surface area (Å²) in [7, 11) is -6.85. The van der Waals surface area contributed by atoms with Gasteiger partial charge in [0, 0.05) is 19.3 Å². The van der Waals surface area contributed by atoms with Gasteiger partial charge in [-0.1, -0.05) is 11.2 Å². The Morgan fingerprint density at radius 2 is 1.82 bits per heavy atom. The standard InChI is InChI=1S/C14H19N5O2.F6P/c1-18(2)14(19-7-9-20-10-8-19)21-17-13(11-15)12-5-3-4-6-16-12;1-7(2,3,4,5)6/h3-6,14H,7-10H2,1-2H3;/q;-1/b17-13-;. The average molecular weight is 434 g/mol. The maximum absolute atomic E-state index is 10.7. The number of nitrogens with zero attached hydrogens (tertiary/aromatic N) is 5. The molecule has 0 bridgehead atoms. The maximum atomic E-state index is 9.87. The monoisotopic (exact) mass is 434 g/mol. The van der Waals surface area contributed by atoms with Crippen molar-refractivity contribution in [3.63, 3.8) is 0 Å². The van der Waals surface area contributed by atoms with E-state index in [-0.39, 0.29) is 12.1 Å². The van der Waals surface area contributed by atoms with Crippen molar-refractivity contribution in [2.24, 2.45) is 5.16 Å². The van der Waals surface area contributed by atoms with Gasteiger partial charge in [0.1, 0.15) is 11.8 Å². The summed E-state index contributed by atoms with van der Waals surface area (Å²) < 4.78 is 64.5. The van der Waals surface area contributed by atoms with Gasteiger partial charge in [-0.2, -0.15) is 5.26 Å². The first-order chi connectivity index (χ1) is 12.7. The van der Waals surface area contributed by atoms with Crippen molar-refractivity contribution in [3.05, 3.63) is 30.1 Å². The molecule has 1 aromatic heterocycles. The Hall–Kier alpha value is -2.00.